The van der Waals surface area contributed by atoms with E-state index < -0.39 is 17.4 Å². The molecule has 1 amide bonds. The lowest BCUT2D eigenvalue weighted by Gasteiger charge is -2.15. The van der Waals surface area contributed by atoms with Crippen LogP contribution in [0, 0.1) is 52.9 Å². The van der Waals surface area contributed by atoms with Crippen molar-refractivity contribution in [3.05, 3.63) is 468 Å². The van der Waals surface area contributed by atoms with Crippen molar-refractivity contribution in [2.45, 2.75) is 252 Å². The fourth-order valence-corrected chi connectivity index (χ4v) is 12.8. The van der Waals surface area contributed by atoms with Gasteiger partial charge in [0.25, 0.3) is 33.7 Å². The number of carboxylic acids is 1. The molecule has 0 aliphatic rings. The summed E-state index contributed by atoms with van der Waals surface area (Å²) in [6, 6.07) is 97.8. The first-order valence-electron chi connectivity index (χ1n) is 50.3. The van der Waals surface area contributed by atoms with E-state index in [1.165, 1.54) is 9.13 Å². The number of benzene rings is 10. The number of aryl methyl sites for hydroxylation is 1. The summed E-state index contributed by atoms with van der Waals surface area (Å²) in [4.78, 5) is 109. The highest BCUT2D eigenvalue weighted by Crippen LogP contribution is 2.22. The summed E-state index contributed by atoms with van der Waals surface area (Å²) < 4.78 is 35.6. The molecule has 15 aromatic rings. The van der Waals surface area contributed by atoms with Crippen LogP contribution in [0.5, 0.6) is 29.4 Å². The normalized spacial score (nSPS) is 9.47. The van der Waals surface area contributed by atoms with Gasteiger partial charge in [-0.2, -0.15) is 30.2 Å². The van der Waals surface area contributed by atoms with Gasteiger partial charge in [0.1, 0.15) is 50.8 Å². The number of carbonyl (C=O) groups is 2. The number of hydrogen-bond acceptors (Lipinski definition) is 19. The van der Waals surface area contributed by atoms with Gasteiger partial charge in [-0.15, -0.1) is 0 Å². The summed E-state index contributed by atoms with van der Waals surface area (Å²) in [5, 5.41) is 18.9. The van der Waals surface area contributed by atoms with E-state index in [9.17, 15) is 43.9 Å². The zero-order valence-electron chi connectivity index (χ0n) is 90.6. The van der Waals surface area contributed by atoms with Gasteiger partial charge in [-0.05, 0) is 97.2 Å². The average Bonchev–Trinajstić information content (AvgIpc) is 0.802. The first kappa shape index (κ1) is 128. The SMILES string of the molecule is CC.CC.CC.CC.CC.CC.CC.CC.CC.CC.Cc1c(OCc2ccccc2)nc(C#N)n(Cc2ccccc2)c1=O.Cc1c(OCc2ccccc2)nc(C(=O)O)n(Cc2ccccc2)c1=O.Cc1c(OCc2ccccc2)nc(C(N)=O)n(Cc2ccccc2)c1=O.Cc1c(OCc2ccccc2)nc(C)n(Cc2ccccc2)c1=O.Cc1c(OCc2ccccc2)nc(CN)n(Cc2ccccc2)c1=O. The van der Waals surface area contributed by atoms with E-state index in [-0.39, 0.29) is 95.8 Å². The lowest BCUT2D eigenvalue weighted by molar-refractivity contribution is 0.0673. The second kappa shape index (κ2) is 75.8. The van der Waals surface area contributed by atoms with Gasteiger partial charge in [-0.1, -0.05) is 442 Å². The lowest BCUT2D eigenvalue weighted by Crippen LogP contribution is -2.33. The number of nitriles is 1. The monoisotopic (exact) mass is 1990 g/mol. The third-order valence-corrected chi connectivity index (χ3v) is 19.7. The second-order valence-electron chi connectivity index (χ2n) is 28.9. The number of ether oxygens (including phenoxy) is 5. The molecule has 5 aromatic heterocycles. The van der Waals surface area contributed by atoms with Crippen molar-refractivity contribution in [2.75, 3.05) is 0 Å². The molecule has 0 saturated carbocycles. The Morgan fingerprint density at radius 1 is 0.274 bits per heavy atom. The average molecular weight is 1990 g/mol. The Balaban J connectivity index is 0.000000873. The number of nitrogens with zero attached hydrogens (tertiary/aromatic N) is 11. The summed E-state index contributed by atoms with van der Waals surface area (Å²) >= 11 is 0. The summed E-state index contributed by atoms with van der Waals surface area (Å²) in [6.07, 6.45) is 0. The number of amides is 1. The summed E-state index contributed by atoms with van der Waals surface area (Å²) in [5.41, 5.74) is 21.7. The fraction of sp³-hybridized carbons (Fsp3) is 0.308. The highest BCUT2D eigenvalue weighted by atomic mass is 16.5. The van der Waals surface area contributed by atoms with Crippen molar-refractivity contribution >= 4 is 11.9 Å². The molecule has 0 atom stereocenters. The Labute approximate surface area is 865 Å². The van der Waals surface area contributed by atoms with E-state index in [0.717, 1.165) is 60.2 Å². The minimum atomic E-state index is -1.28. The Hall–Kier alpha value is -16.0. The zero-order chi connectivity index (χ0) is 109. The summed E-state index contributed by atoms with van der Waals surface area (Å²) in [5.74, 6) is -0.177. The molecule has 0 unspecified atom stereocenters. The first-order valence-corrected chi connectivity index (χ1v) is 50.3. The van der Waals surface area contributed by atoms with Crippen LogP contribution in [0.15, 0.2) is 327 Å². The van der Waals surface area contributed by atoms with Crippen molar-refractivity contribution in [3.8, 4) is 35.5 Å². The Morgan fingerprint density at radius 3 is 0.712 bits per heavy atom. The maximum atomic E-state index is 12.8. The highest BCUT2D eigenvalue weighted by Gasteiger charge is 2.24. The molecule has 778 valence electrons. The molecule has 26 heteroatoms. The van der Waals surface area contributed by atoms with Crippen LogP contribution in [0.4, 0.5) is 0 Å². The lowest BCUT2D eigenvalue weighted by atomic mass is 10.2. The van der Waals surface area contributed by atoms with E-state index in [1.807, 2.05) is 455 Å². The van der Waals surface area contributed by atoms with Crippen LogP contribution in [0.2, 0.25) is 0 Å². The minimum absolute atomic E-state index is 0.0422. The second-order valence-corrected chi connectivity index (χ2v) is 28.9. The standard InChI is InChI=1S/C20H19N3O3.C20H21N3O2.C20H17N3O2.C20H18N2O4.C20H20N2O2.10C2H6/c1-14-19(26-13-16-10-6-3-7-11-16)22-18(17(21)24)23(20(14)25)12-15-8-4-2-5-9-15;2*1-15-19(25-14-17-10-6-3-7-11-17)22-18(12-21)23(20(15)24)13-16-8-4-2-5-9-16;1-14-18(26-13-16-10-6-3-7-11-16)21-17(20(24)25)22(19(14)23)12-15-8-4-2-5-9-15;1-15-19(24-14-18-11-7-4-8-12-18)21-16(2)22(20(15)23)13-17-9-5-3-6-10-17;10*1-2/h2-11H,12-13H2,1H3,(H2,21,24);2-11H,12-14,21H2,1H3;2-11H,13-14H2,1H3;2-11H,12-13H2,1H3,(H,24,25);3-12H,13-14H2,1-2H3;10*1-2H3. The van der Waals surface area contributed by atoms with Gasteiger partial charge in [0.05, 0.1) is 67.1 Å². The molecule has 5 N–H and O–H groups in total. The number of primary amides is 1. The molecule has 0 bridgehead atoms. The molecule has 26 nitrogen and oxygen atoms in total. The number of carbonyl (C=O) groups excluding carboxylic acids is 1. The van der Waals surface area contributed by atoms with Crippen LogP contribution in [0.3, 0.4) is 0 Å². The highest BCUT2D eigenvalue weighted by molar-refractivity contribution is 5.89. The maximum absolute atomic E-state index is 12.8. The summed E-state index contributed by atoms with van der Waals surface area (Å²) in [7, 11) is 0. The Bertz CT molecular complexity index is 6330. The number of hydrogen-bond donors (Lipinski definition) is 3. The number of aromatic nitrogens is 10. The maximum Gasteiger partial charge on any atom is 0.372 e. The molecule has 15 rings (SSSR count). The first-order chi connectivity index (χ1) is 71.1. The molecule has 0 radical (unpaired) electrons. The minimum Gasteiger partial charge on any atom is -0.475 e. The van der Waals surface area contributed by atoms with E-state index in [4.69, 9.17) is 35.2 Å². The zero-order valence-corrected chi connectivity index (χ0v) is 90.6. The van der Waals surface area contributed by atoms with Crippen molar-refractivity contribution in [1.29, 1.82) is 5.26 Å². The van der Waals surface area contributed by atoms with Crippen LogP contribution in [0.25, 0.3) is 0 Å². The summed E-state index contributed by atoms with van der Waals surface area (Å²) in [6.45, 7) is 53.5. The number of carboxylic acid groups (broad SMARTS) is 1. The number of rotatable bonds is 28. The van der Waals surface area contributed by atoms with E-state index in [1.54, 1.807) is 43.8 Å². The van der Waals surface area contributed by atoms with Crippen molar-refractivity contribution in [1.82, 2.24) is 47.8 Å². The van der Waals surface area contributed by atoms with Crippen molar-refractivity contribution < 1.29 is 38.4 Å². The molecule has 146 heavy (non-hydrogen) atoms. The molecule has 0 aliphatic heterocycles. The Morgan fingerprint density at radius 2 is 0.466 bits per heavy atom. The van der Waals surface area contributed by atoms with Gasteiger partial charge in [-0.3, -0.25) is 51.6 Å². The molecular formula is C120H155N13O13. The van der Waals surface area contributed by atoms with Gasteiger partial charge in [0.2, 0.25) is 46.9 Å². The van der Waals surface area contributed by atoms with Gasteiger partial charge in [-0.25, -0.2) is 4.79 Å². The molecule has 5 heterocycles. The smallest absolute Gasteiger partial charge is 0.372 e. The van der Waals surface area contributed by atoms with Gasteiger partial charge >= 0.3 is 5.97 Å². The topological polar surface area (TPSA) is 351 Å². The quantitative estimate of drug-likeness (QED) is 0.0410. The van der Waals surface area contributed by atoms with E-state index >= 15 is 0 Å². The van der Waals surface area contributed by atoms with Crippen LogP contribution >= 0.6 is 0 Å². The van der Waals surface area contributed by atoms with E-state index in [2.05, 4.69) is 24.9 Å². The molecular weight excluding hydrogens is 1830 g/mol. The van der Waals surface area contributed by atoms with E-state index in [0.29, 0.717) is 85.1 Å². The third kappa shape index (κ3) is 42.3. The largest absolute Gasteiger partial charge is 0.475 e. The van der Waals surface area contributed by atoms with Crippen LogP contribution < -0.4 is 62.9 Å². The third-order valence-electron chi connectivity index (χ3n) is 19.7. The molecule has 0 aliphatic carbocycles. The number of aromatic carboxylic acids is 1. The van der Waals surface area contributed by atoms with Crippen LogP contribution in [-0.4, -0.2) is 64.7 Å². The van der Waals surface area contributed by atoms with Crippen LogP contribution in [0.1, 0.15) is 261 Å². The van der Waals surface area contributed by atoms with Crippen molar-refractivity contribution in [2.24, 2.45) is 11.5 Å². The predicted molar refractivity (Wildman–Crippen MR) is 594 cm³/mol. The number of nitrogens with two attached hydrogens (primary N) is 2. The molecule has 10 aromatic carbocycles. The van der Waals surface area contributed by atoms with Crippen LogP contribution in [-0.2, 0) is 72.3 Å². The Kier molecular flexibility index (Phi) is 66.4. The van der Waals surface area contributed by atoms with Crippen molar-refractivity contribution in [3.63, 3.8) is 0 Å². The fourth-order valence-electron chi connectivity index (χ4n) is 12.8. The van der Waals surface area contributed by atoms with Gasteiger partial charge < -0.3 is 40.3 Å². The van der Waals surface area contributed by atoms with Gasteiger partial charge in [0, 0.05) is 0 Å². The molecule has 0 spiro atoms. The molecule has 0 saturated heterocycles. The molecule has 0 fully saturated rings. The van der Waals surface area contributed by atoms with Gasteiger partial charge in [0.15, 0.2) is 0 Å². The predicted octanol–water partition coefficient (Wildman–Crippen LogP) is 24.6.